The fraction of sp³-hybridized carbons (Fsp3) is 0.231. The van der Waals surface area contributed by atoms with Gasteiger partial charge in [0.1, 0.15) is 0 Å². The molecule has 3 aromatic rings. The molecule has 1 unspecified atom stereocenters. The zero-order chi connectivity index (χ0) is 21.1. The monoisotopic (exact) mass is 398 g/mol. The lowest BCUT2D eigenvalue weighted by Gasteiger charge is -2.16. The second-order valence-electron chi connectivity index (χ2n) is 7.91. The van der Waals surface area contributed by atoms with E-state index in [9.17, 15) is 9.59 Å². The van der Waals surface area contributed by atoms with Gasteiger partial charge in [-0.1, -0.05) is 54.6 Å². The van der Waals surface area contributed by atoms with Gasteiger partial charge in [-0.15, -0.1) is 0 Å². The lowest BCUT2D eigenvalue weighted by molar-refractivity contribution is -0.116. The van der Waals surface area contributed by atoms with E-state index < -0.39 is 0 Å². The molecule has 0 radical (unpaired) electrons. The molecule has 1 aliphatic rings. The highest BCUT2D eigenvalue weighted by atomic mass is 16.2. The maximum atomic E-state index is 12.7. The standard InChI is InChI=1S/C26H26N2O2/c1-18(16-20-8-10-22(11-9-20)21-6-4-3-5-7-21)27-26(30)24-12-13-25-23(17-24)14-15-28(25)19(2)29/h3-13,17-18H,14-16H2,1-2H3,(H,27,30). The molecule has 0 aromatic heterocycles. The summed E-state index contributed by atoms with van der Waals surface area (Å²) in [5.74, 6) is -0.0367. The average molecular weight is 399 g/mol. The van der Waals surface area contributed by atoms with Crippen LogP contribution in [0.2, 0.25) is 0 Å². The summed E-state index contributed by atoms with van der Waals surface area (Å²) in [6, 6.07) is 24.4. The van der Waals surface area contributed by atoms with Crippen LogP contribution in [-0.4, -0.2) is 24.4 Å². The zero-order valence-electron chi connectivity index (χ0n) is 17.4. The number of anilines is 1. The van der Waals surface area contributed by atoms with Crippen LogP contribution in [0, 0.1) is 0 Å². The van der Waals surface area contributed by atoms with Crippen LogP contribution >= 0.6 is 0 Å². The van der Waals surface area contributed by atoms with Crippen molar-refractivity contribution in [3.05, 3.63) is 89.5 Å². The first-order chi connectivity index (χ1) is 14.5. The van der Waals surface area contributed by atoms with E-state index in [0.29, 0.717) is 12.1 Å². The quantitative estimate of drug-likeness (QED) is 0.682. The highest BCUT2D eigenvalue weighted by molar-refractivity contribution is 5.98. The third kappa shape index (κ3) is 4.28. The highest BCUT2D eigenvalue weighted by Gasteiger charge is 2.23. The summed E-state index contributed by atoms with van der Waals surface area (Å²) in [5.41, 5.74) is 6.20. The van der Waals surface area contributed by atoms with Gasteiger partial charge in [0.15, 0.2) is 0 Å². The molecule has 0 spiro atoms. The van der Waals surface area contributed by atoms with Crippen molar-refractivity contribution >= 4 is 17.5 Å². The van der Waals surface area contributed by atoms with E-state index in [0.717, 1.165) is 24.1 Å². The Morgan fingerprint density at radius 3 is 2.37 bits per heavy atom. The lowest BCUT2D eigenvalue weighted by Crippen LogP contribution is -2.34. The first kappa shape index (κ1) is 19.9. The molecule has 0 saturated heterocycles. The number of fused-ring (bicyclic) bond motifs is 1. The minimum Gasteiger partial charge on any atom is -0.349 e. The van der Waals surface area contributed by atoms with Crippen molar-refractivity contribution in [3.63, 3.8) is 0 Å². The van der Waals surface area contributed by atoms with E-state index in [4.69, 9.17) is 0 Å². The summed E-state index contributed by atoms with van der Waals surface area (Å²) in [6.45, 7) is 4.28. The molecule has 1 aliphatic heterocycles. The molecule has 4 nitrogen and oxygen atoms in total. The summed E-state index contributed by atoms with van der Waals surface area (Å²) in [6.07, 6.45) is 1.56. The van der Waals surface area contributed by atoms with E-state index in [1.807, 2.05) is 37.3 Å². The van der Waals surface area contributed by atoms with Crippen LogP contribution in [0.25, 0.3) is 11.1 Å². The molecule has 0 saturated carbocycles. The van der Waals surface area contributed by atoms with Crippen LogP contribution in [0.3, 0.4) is 0 Å². The summed E-state index contributed by atoms with van der Waals surface area (Å²) in [5, 5.41) is 3.10. The van der Waals surface area contributed by atoms with Gasteiger partial charge in [0.25, 0.3) is 5.91 Å². The van der Waals surface area contributed by atoms with Crippen molar-refractivity contribution in [2.75, 3.05) is 11.4 Å². The SMILES string of the molecule is CC(=O)N1CCc2cc(C(=O)NC(C)Cc3ccc(-c4ccccc4)cc3)ccc21. The second-order valence-corrected chi connectivity index (χ2v) is 7.91. The molecule has 4 heteroatoms. The first-order valence-electron chi connectivity index (χ1n) is 10.4. The molecule has 3 aromatic carbocycles. The van der Waals surface area contributed by atoms with Gasteiger partial charge in [0, 0.05) is 30.8 Å². The molecule has 30 heavy (non-hydrogen) atoms. The Hall–Kier alpha value is -3.40. The molecule has 1 heterocycles. The van der Waals surface area contributed by atoms with Gasteiger partial charge in [-0.2, -0.15) is 0 Å². The molecule has 2 amide bonds. The number of hydrogen-bond acceptors (Lipinski definition) is 2. The van der Waals surface area contributed by atoms with E-state index in [1.165, 1.54) is 16.7 Å². The molecule has 1 N–H and O–H groups in total. The largest absolute Gasteiger partial charge is 0.349 e. The third-order valence-electron chi connectivity index (χ3n) is 5.60. The maximum Gasteiger partial charge on any atom is 0.251 e. The van der Waals surface area contributed by atoms with E-state index in [1.54, 1.807) is 17.9 Å². The number of hydrogen-bond donors (Lipinski definition) is 1. The number of amides is 2. The smallest absolute Gasteiger partial charge is 0.251 e. The Morgan fingerprint density at radius 2 is 1.67 bits per heavy atom. The van der Waals surface area contributed by atoms with Crippen molar-refractivity contribution in [3.8, 4) is 11.1 Å². The maximum absolute atomic E-state index is 12.7. The second kappa shape index (κ2) is 8.54. The summed E-state index contributed by atoms with van der Waals surface area (Å²) < 4.78 is 0. The van der Waals surface area contributed by atoms with E-state index >= 15 is 0 Å². The Labute approximate surface area is 177 Å². The molecule has 0 bridgehead atoms. The van der Waals surface area contributed by atoms with Crippen LogP contribution in [0.4, 0.5) is 5.69 Å². The minimum atomic E-state index is -0.0764. The summed E-state index contributed by atoms with van der Waals surface area (Å²) in [4.78, 5) is 26.2. The fourth-order valence-electron chi connectivity index (χ4n) is 4.05. The van der Waals surface area contributed by atoms with Crippen LogP contribution in [0.5, 0.6) is 0 Å². The van der Waals surface area contributed by atoms with Crippen LogP contribution < -0.4 is 10.2 Å². The van der Waals surface area contributed by atoms with Crippen LogP contribution in [0.1, 0.15) is 35.3 Å². The number of nitrogens with one attached hydrogen (secondary N) is 1. The molecular weight excluding hydrogens is 372 g/mol. The Kier molecular flexibility index (Phi) is 5.66. The topological polar surface area (TPSA) is 49.4 Å². The average Bonchev–Trinajstić information content (AvgIpc) is 3.18. The van der Waals surface area contributed by atoms with Gasteiger partial charge in [-0.3, -0.25) is 9.59 Å². The lowest BCUT2D eigenvalue weighted by atomic mass is 10.0. The molecule has 152 valence electrons. The van der Waals surface area contributed by atoms with Crippen molar-refractivity contribution in [1.82, 2.24) is 5.32 Å². The molecule has 0 fully saturated rings. The summed E-state index contributed by atoms with van der Waals surface area (Å²) >= 11 is 0. The minimum absolute atomic E-state index is 0.0158. The number of benzene rings is 3. The van der Waals surface area contributed by atoms with Crippen LogP contribution in [-0.2, 0) is 17.6 Å². The first-order valence-corrected chi connectivity index (χ1v) is 10.4. The van der Waals surface area contributed by atoms with Gasteiger partial charge < -0.3 is 10.2 Å². The highest BCUT2D eigenvalue weighted by Crippen LogP contribution is 2.29. The fourth-order valence-corrected chi connectivity index (χ4v) is 4.05. The van der Waals surface area contributed by atoms with Crippen molar-refractivity contribution in [2.45, 2.75) is 32.7 Å². The van der Waals surface area contributed by atoms with Gasteiger partial charge in [0.05, 0.1) is 0 Å². The molecule has 4 rings (SSSR count). The molecule has 0 aliphatic carbocycles. The molecular formula is C26H26N2O2. The van der Waals surface area contributed by atoms with Gasteiger partial charge in [0.2, 0.25) is 5.91 Å². The third-order valence-corrected chi connectivity index (χ3v) is 5.60. The molecule has 1 atom stereocenters. The number of nitrogens with zero attached hydrogens (tertiary/aromatic N) is 1. The van der Waals surface area contributed by atoms with Gasteiger partial charge in [-0.25, -0.2) is 0 Å². The number of carbonyl (C=O) groups is 2. The van der Waals surface area contributed by atoms with Crippen molar-refractivity contribution < 1.29 is 9.59 Å². The Bertz CT molecular complexity index is 1060. The van der Waals surface area contributed by atoms with Gasteiger partial charge >= 0.3 is 0 Å². The predicted molar refractivity (Wildman–Crippen MR) is 121 cm³/mol. The number of rotatable bonds is 5. The summed E-state index contributed by atoms with van der Waals surface area (Å²) in [7, 11) is 0. The van der Waals surface area contributed by atoms with Crippen molar-refractivity contribution in [1.29, 1.82) is 0 Å². The normalized spacial score (nSPS) is 13.6. The zero-order valence-corrected chi connectivity index (χ0v) is 17.4. The van der Waals surface area contributed by atoms with Gasteiger partial charge in [-0.05, 0) is 60.2 Å². The number of carbonyl (C=O) groups excluding carboxylic acids is 2. The van der Waals surface area contributed by atoms with E-state index in [-0.39, 0.29) is 17.9 Å². The van der Waals surface area contributed by atoms with Crippen LogP contribution in [0.15, 0.2) is 72.8 Å². The Balaban J connectivity index is 1.38. The van der Waals surface area contributed by atoms with E-state index in [2.05, 4.69) is 41.7 Å². The predicted octanol–water partition coefficient (Wildman–Crippen LogP) is 4.62. The van der Waals surface area contributed by atoms with Crippen molar-refractivity contribution in [2.24, 2.45) is 0 Å². The Morgan fingerprint density at radius 1 is 0.967 bits per heavy atom.